The molecule has 1 aromatic heterocycles. The summed E-state index contributed by atoms with van der Waals surface area (Å²) in [5.74, 6) is 0. The molecule has 1 aromatic carbocycles. The van der Waals surface area contributed by atoms with Crippen molar-refractivity contribution in [1.29, 1.82) is 0 Å². The molecule has 0 fully saturated rings. The Bertz CT molecular complexity index is 620. The minimum Gasteiger partial charge on any atom is -0.345 e. The Balaban J connectivity index is 2.15. The lowest BCUT2D eigenvalue weighted by Crippen LogP contribution is -2.31. The van der Waals surface area contributed by atoms with Gasteiger partial charge in [0.05, 0.1) is 23.6 Å². The zero-order valence-electron chi connectivity index (χ0n) is 9.34. The molecule has 0 aliphatic rings. The van der Waals surface area contributed by atoms with Crippen molar-refractivity contribution in [1.82, 2.24) is 14.7 Å². The molecule has 0 saturated heterocycles. The summed E-state index contributed by atoms with van der Waals surface area (Å²) in [7, 11) is -3.21. The molecule has 0 spiro atoms. The number of nitrogens with one attached hydrogen (secondary N) is 2. The van der Waals surface area contributed by atoms with Crippen LogP contribution in [0.25, 0.3) is 11.0 Å². The van der Waals surface area contributed by atoms with E-state index in [1.807, 2.05) is 18.2 Å². The van der Waals surface area contributed by atoms with Gasteiger partial charge < -0.3 is 10.7 Å². The van der Waals surface area contributed by atoms with Gasteiger partial charge in [-0.1, -0.05) is 6.07 Å². The average molecular weight is 254 g/mol. The van der Waals surface area contributed by atoms with Gasteiger partial charge >= 0.3 is 0 Å². The second-order valence-electron chi connectivity index (χ2n) is 3.91. The van der Waals surface area contributed by atoms with Crippen LogP contribution in [-0.2, 0) is 10.0 Å². The van der Waals surface area contributed by atoms with Crippen LogP contribution in [0.3, 0.4) is 0 Å². The zero-order valence-corrected chi connectivity index (χ0v) is 10.2. The van der Waals surface area contributed by atoms with E-state index < -0.39 is 10.0 Å². The van der Waals surface area contributed by atoms with E-state index in [2.05, 4.69) is 14.7 Å². The molecule has 0 bridgehead atoms. The summed E-state index contributed by atoms with van der Waals surface area (Å²) in [6.45, 7) is 0.179. The smallest absolute Gasteiger partial charge is 0.208 e. The number of nitrogens with two attached hydrogens (primary N) is 1. The number of H-pyrrole nitrogens is 1. The second-order valence-corrected chi connectivity index (χ2v) is 5.74. The van der Waals surface area contributed by atoms with Gasteiger partial charge in [-0.3, -0.25) is 0 Å². The summed E-state index contributed by atoms with van der Waals surface area (Å²) >= 11 is 0. The molecule has 2 aromatic rings. The lowest BCUT2D eigenvalue weighted by molar-refractivity contribution is 0.578. The predicted molar refractivity (Wildman–Crippen MR) is 65.9 cm³/mol. The molecule has 4 N–H and O–H groups in total. The average Bonchev–Trinajstić information content (AvgIpc) is 2.71. The summed E-state index contributed by atoms with van der Waals surface area (Å²) in [5, 5.41) is 0. The Morgan fingerprint density at radius 3 is 3.00 bits per heavy atom. The number of hydrogen-bond acceptors (Lipinski definition) is 4. The minimum absolute atomic E-state index is 0.179. The lowest BCUT2D eigenvalue weighted by Gasteiger charge is -2.12. The molecule has 6 nitrogen and oxygen atoms in total. The Morgan fingerprint density at radius 2 is 2.29 bits per heavy atom. The van der Waals surface area contributed by atoms with Gasteiger partial charge in [0, 0.05) is 12.6 Å². The van der Waals surface area contributed by atoms with Crippen LogP contribution in [0, 0.1) is 0 Å². The lowest BCUT2D eigenvalue weighted by atomic mass is 10.1. The van der Waals surface area contributed by atoms with E-state index in [0.29, 0.717) is 0 Å². The van der Waals surface area contributed by atoms with E-state index in [1.165, 1.54) is 0 Å². The Morgan fingerprint density at radius 1 is 1.53 bits per heavy atom. The summed E-state index contributed by atoms with van der Waals surface area (Å²) in [5.41, 5.74) is 8.50. The van der Waals surface area contributed by atoms with E-state index in [0.717, 1.165) is 22.9 Å². The molecular weight excluding hydrogens is 240 g/mol. The molecule has 1 unspecified atom stereocenters. The zero-order chi connectivity index (χ0) is 12.5. The quantitative estimate of drug-likeness (QED) is 0.721. The van der Waals surface area contributed by atoms with Crippen molar-refractivity contribution in [2.75, 3.05) is 12.8 Å². The van der Waals surface area contributed by atoms with Crippen LogP contribution in [0.4, 0.5) is 0 Å². The SMILES string of the molecule is CS(=O)(=O)NCC(N)c1ccc2nc[nH]c2c1. The third-order valence-corrected chi connectivity index (χ3v) is 3.13. The summed E-state index contributed by atoms with van der Waals surface area (Å²) in [4.78, 5) is 7.08. The number of fused-ring (bicyclic) bond motifs is 1. The van der Waals surface area contributed by atoms with Gasteiger partial charge in [-0.05, 0) is 17.7 Å². The number of sulfonamides is 1. The standard InChI is InChI=1S/C10H14N4O2S/c1-17(15,16)14-5-8(11)7-2-3-9-10(4-7)13-6-12-9/h2-4,6,8,14H,5,11H2,1H3,(H,12,13). The van der Waals surface area contributed by atoms with Crippen LogP contribution in [-0.4, -0.2) is 31.2 Å². The first-order valence-corrected chi connectivity index (χ1v) is 6.98. The van der Waals surface area contributed by atoms with Crippen molar-refractivity contribution in [3.8, 4) is 0 Å². The molecule has 7 heteroatoms. The van der Waals surface area contributed by atoms with Crippen LogP contribution in [0.15, 0.2) is 24.5 Å². The van der Waals surface area contributed by atoms with E-state index in [1.54, 1.807) is 6.33 Å². The van der Waals surface area contributed by atoms with Crippen LogP contribution >= 0.6 is 0 Å². The first kappa shape index (κ1) is 12.0. The summed E-state index contributed by atoms with van der Waals surface area (Å²) in [6, 6.07) is 5.19. The monoisotopic (exact) mass is 254 g/mol. The van der Waals surface area contributed by atoms with Crippen molar-refractivity contribution < 1.29 is 8.42 Å². The number of imidazole rings is 1. The van der Waals surface area contributed by atoms with Gasteiger partial charge in [0.1, 0.15) is 0 Å². The van der Waals surface area contributed by atoms with Crippen LogP contribution < -0.4 is 10.5 Å². The van der Waals surface area contributed by atoms with Crippen LogP contribution in [0.2, 0.25) is 0 Å². The minimum atomic E-state index is -3.21. The number of aromatic amines is 1. The maximum Gasteiger partial charge on any atom is 0.208 e. The molecule has 0 aliphatic carbocycles. The second kappa shape index (κ2) is 4.44. The number of hydrogen-bond donors (Lipinski definition) is 3. The van der Waals surface area contributed by atoms with Crippen molar-refractivity contribution in [2.24, 2.45) is 5.73 Å². The van der Waals surface area contributed by atoms with E-state index >= 15 is 0 Å². The Kier molecular flexibility index (Phi) is 3.14. The fraction of sp³-hybridized carbons (Fsp3) is 0.300. The molecule has 0 radical (unpaired) electrons. The molecule has 1 atom stereocenters. The first-order chi connectivity index (χ1) is 7.96. The van der Waals surface area contributed by atoms with Gasteiger partial charge in [-0.15, -0.1) is 0 Å². The number of benzene rings is 1. The Labute approximate surface area is 99.3 Å². The summed E-state index contributed by atoms with van der Waals surface area (Å²) in [6.07, 6.45) is 2.71. The van der Waals surface area contributed by atoms with E-state index in [4.69, 9.17) is 5.73 Å². The fourth-order valence-corrected chi connectivity index (χ4v) is 2.03. The maximum absolute atomic E-state index is 11.0. The third-order valence-electron chi connectivity index (χ3n) is 2.44. The van der Waals surface area contributed by atoms with Gasteiger partial charge in [0.2, 0.25) is 10.0 Å². The van der Waals surface area contributed by atoms with Crippen molar-refractivity contribution in [3.05, 3.63) is 30.1 Å². The van der Waals surface area contributed by atoms with Crippen LogP contribution in [0.5, 0.6) is 0 Å². The van der Waals surface area contributed by atoms with Crippen molar-refractivity contribution in [2.45, 2.75) is 6.04 Å². The van der Waals surface area contributed by atoms with Gasteiger partial charge in [-0.2, -0.15) is 0 Å². The number of rotatable bonds is 4. The molecule has 0 saturated carbocycles. The molecule has 0 aliphatic heterocycles. The van der Waals surface area contributed by atoms with Gasteiger partial charge in [-0.25, -0.2) is 18.1 Å². The fourth-order valence-electron chi connectivity index (χ4n) is 1.54. The van der Waals surface area contributed by atoms with Crippen molar-refractivity contribution >= 4 is 21.1 Å². The van der Waals surface area contributed by atoms with E-state index in [-0.39, 0.29) is 12.6 Å². The first-order valence-electron chi connectivity index (χ1n) is 5.09. The topological polar surface area (TPSA) is 101 Å². The molecule has 17 heavy (non-hydrogen) atoms. The highest BCUT2D eigenvalue weighted by molar-refractivity contribution is 7.88. The number of aromatic nitrogens is 2. The number of nitrogens with zero attached hydrogens (tertiary/aromatic N) is 1. The van der Waals surface area contributed by atoms with E-state index in [9.17, 15) is 8.42 Å². The Hall–Kier alpha value is -1.44. The molecular formula is C10H14N4O2S. The maximum atomic E-state index is 11.0. The van der Waals surface area contributed by atoms with Crippen molar-refractivity contribution in [3.63, 3.8) is 0 Å². The van der Waals surface area contributed by atoms with Crippen LogP contribution in [0.1, 0.15) is 11.6 Å². The third kappa shape index (κ3) is 3.02. The highest BCUT2D eigenvalue weighted by Gasteiger charge is 2.10. The molecule has 1 heterocycles. The normalized spacial score (nSPS) is 14.0. The molecule has 92 valence electrons. The molecule has 2 rings (SSSR count). The van der Waals surface area contributed by atoms with Gasteiger partial charge in [0.15, 0.2) is 0 Å². The predicted octanol–water partition coefficient (Wildman–Crippen LogP) is 0.112. The highest BCUT2D eigenvalue weighted by Crippen LogP contribution is 2.16. The largest absolute Gasteiger partial charge is 0.345 e. The van der Waals surface area contributed by atoms with Gasteiger partial charge in [0.25, 0.3) is 0 Å². The highest BCUT2D eigenvalue weighted by atomic mass is 32.2. The summed E-state index contributed by atoms with van der Waals surface area (Å²) < 4.78 is 24.3. The molecule has 0 amide bonds.